The summed E-state index contributed by atoms with van der Waals surface area (Å²) in [6, 6.07) is 5.43. The minimum atomic E-state index is -2.03. The Morgan fingerprint density at radius 2 is 1.19 bits per heavy atom. The van der Waals surface area contributed by atoms with Gasteiger partial charge in [-0.1, -0.05) is 0 Å². The van der Waals surface area contributed by atoms with Crippen molar-refractivity contribution < 1.29 is 93.7 Å². The molecule has 0 bridgehead atoms. The van der Waals surface area contributed by atoms with Gasteiger partial charge in [0.1, 0.15) is 41.8 Å². The number of hydrogen-bond donors (Lipinski definition) is 11. The number of fused-ring (bicyclic) bond motifs is 1. The molecule has 25 nitrogen and oxygen atoms in total. The van der Waals surface area contributed by atoms with E-state index < -0.39 is 95.5 Å². The van der Waals surface area contributed by atoms with E-state index in [-0.39, 0.29) is 109 Å². The van der Waals surface area contributed by atoms with Crippen LogP contribution in [0.15, 0.2) is 59.6 Å². The molecule has 2 fully saturated rings. The number of ether oxygens (including phenoxy) is 4. The average molecular weight is 909 g/mol. The van der Waals surface area contributed by atoms with E-state index in [1.807, 2.05) is 0 Å². The number of carbonyl (C=O) groups is 6. The monoisotopic (exact) mass is 908 g/mol. The van der Waals surface area contributed by atoms with Crippen LogP contribution in [0.3, 0.4) is 0 Å². The second-order valence-electron chi connectivity index (χ2n) is 15.2. The maximum atomic E-state index is 13.2. The van der Waals surface area contributed by atoms with E-state index in [4.69, 9.17) is 18.9 Å². The molecule has 0 radical (unpaired) electrons. The van der Waals surface area contributed by atoms with E-state index in [1.165, 1.54) is 24.3 Å². The first-order valence-corrected chi connectivity index (χ1v) is 20.1. The first kappa shape index (κ1) is 49.0. The van der Waals surface area contributed by atoms with E-state index >= 15 is 0 Å². The molecular weight excluding hydrogens is 856 g/mol. The number of ketones is 1. The minimum Gasteiger partial charge on any atom is -0.508 e. The van der Waals surface area contributed by atoms with Gasteiger partial charge >= 0.3 is 17.9 Å². The normalized spacial score (nSPS) is 26.7. The Morgan fingerprint density at radius 3 is 1.70 bits per heavy atom. The molecule has 2 amide bonds. The SMILES string of the molecule is O=C(O)CN1CCN(CC(=O)O)CCN(CC(=O)NCCNC(=O)C2OC(OC3=CC4OC(Oc5ccc(O)cc5)=CC(=O)C4C(O)=C3O)[C@H](O)[C@@H](O)[C@@H]2O)CCN(CC(=O)O)CC1. The third-order valence-electron chi connectivity index (χ3n) is 10.5. The number of aliphatic hydroxyl groups is 5. The molecule has 0 aromatic heterocycles. The summed E-state index contributed by atoms with van der Waals surface area (Å²) >= 11 is 0. The Bertz CT molecular complexity index is 1930. The van der Waals surface area contributed by atoms with Gasteiger partial charge < -0.3 is 75.5 Å². The number of hydrogen-bond acceptors (Lipinski definition) is 20. The Kier molecular flexibility index (Phi) is 17.2. The van der Waals surface area contributed by atoms with Crippen molar-refractivity contribution >= 4 is 35.5 Å². The topological polar surface area (TPSA) is 358 Å². The fourth-order valence-electron chi connectivity index (χ4n) is 7.12. The molecular formula is C39H52N6O19. The van der Waals surface area contributed by atoms with Crippen LogP contribution in [0.4, 0.5) is 0 Å². The van der Waals surface area contributed by atoms with Gasteiger partial charge in [-0.05, 0) is 24.3 Å². The number of aliphatic hydroxyl groups excluding tert-OH is 5. The lowest BCUT2D eigenvalue weighted by molar-refractivity contribution is -0.281. The van der Waals surface area contributed by atoms with Crippen molar-refractivity contribution in [3.8, 4) is 11.5 Å². The summed E-state index contributed by atoms with van der Waals surface area (Å²) in [5, 5.41) is 96.2. The number of rotatable bonds is 16. The van der Waals surface area contributed by atoms with E-state index in [0.29, 0.717) is 0 Å². The Labute approximate surface area is 364 Å². The average Bonchev–Trinajstić information content (AvgIpc) is 3.22. The van der Waals surface area contributed by atoms with Crippen LogP contribution in [0.25, 0.3) is 0 Å². The number of carbonyl (C=O) groups excluding carboxylic acids is 3. The number of aliphatic carboxylic acids is 3. The molecule has 64 heavy (non-hydrogen) atoms. The first-order chi connectivity index (χ1) is 30.4. The number of nitrogens with one attached hydrogen (secondary N) is 2. The molecule has 4 aliphatic rings. The van der Waals surface area contributed by atoms with Crippen molar-refractivity contribution in [2.45, 2.75) is 36.8 Å². The molecule has 4 unspecified atom stereocenters. The van der Waals surface area contributed by atoms with Crippen molar-refractivity contribution in [2.24, 2.45) is 5.92 Å². The van der Waals surface area contributed by atoms with E-state index in [2.05, 4.69) is 10.6 Å². The number of phenols is 1. The second kappa shape index (κ2) is 22.5. The van der Waals surface area contributed by atoms with Gasteiger partial charge in [0.25, 0.3) is 11.9 Å². The van der Waals surface area contributed by atoms with E-state index in [1.54, 1.807) is 19.6 Å². The number of phenolic OH excluding ortho intramolecular Hbond substituents is 1. The van der Waals surface area contributed by atoms with Gasteiger partial charge in [0, 0.05) is 71.5 Å². The van der Waals surface area contributed by atoms with Crippen molar-refractivity contribution in [1.82, 2.24) is 30.2 Å². The van der Waals surface area contributed by atoms with Gasteiger partial charge in [0.2, 0.25) is 12.2 Å². The van der Waals surface area contributed by atoms with E-state index in [9.17, 15) is 74.7 Å². The summed E-state index contributed by atoms with van der Waals surface area (Å²) in [5.41, 5.74) is 0. The van der Waals surface area contributed by atoms with Gasteiger partial charge in [-0.15, -0.1) is 0 Å². The Balaban J connectivity index is 1.15. The highest BCUT2D eigenvalue weighted by Gasteiger charge is 2.49. The summed E-state index contributed by atoms with van der Waals surface area (Å²) in [6.45, 7) is -0.0585. The predicted molar refractivity (Wildman–Crippen MR) is 213 cm³/mol. The Hall–Kier alpha value is -6.06. The molecule has 11 N–H and O–H groups in total. The zero-order valence-corrected chi connectivity index (χ0v) is 34.3. The maximum Gasteiger partial charge on any atom is 0.317 e. The van der Waals surface area contributed by atoms with Crippen LogP contribution in [-0.4, -0.2) is 230 Å². The second-order valence-corrected chi connectivity index (χ2v) is 15.2. The van der Waals surface area contributed by atoms with Crippen LogP contribution >= 0.6 is 0 Å². The van der Waals surface area contributed by atoms with Crippen LogP contribution in [0, 0.1) is 5.92 Å². The third kappa shape index (κ3) is 13.7. The van der Waals surface area contributed by atoms with Gasteiger partial charge in [-0.2, -0.15) is 0 Å². The molecule has 2 saturated heterocycles. The number of nitrogens with zero attached hydrogens (tertiary/aromatic N) is 4. The minimum absolute atomic E-state index is 0.0477. The van der Waals surface area contributed by atoms with Gasteiger partial charge in [0.15, 0.2) is 29.2 Å². The number of carboxylic acid groups (broad SMARTS) is 3. The molecule has 0 saturated carbocycles. The van der Waals surface area contributed by atoms with Crippen LogP contribution in [0.1, 0.15) is 0 Å². The van der Waals surface area contributed by atoms with Crippen molar-refractivity contribution in [2.75, 3.05) is 91.6 Å². The lowest BCUT2D eigenvalue weighted by atomic mass is 9.88. The standard InChI is InChI=1S/C39H52N6O19/c46-21-1-3-22(4-2-21)61-30-15-23(47)31-24(62-30)16-25(32(55)33(31)56)63-39-36(59)34(57)35(58)37(64-39)38(60)41-6-5-40-26(48)17-42-7-9-43(18-27(49)50)11-13-45(20-29(53)54)14-12-44(10-8-42)19-28(51)52/h1-4,15-16,24,31,34-37,39,46,55-59H,5-14,17-20H2,(H,40,48)(H,41,60)(H,49,50)(H,51,52)(H,53,54)/t24?,31?,34-,35-,36+,37?,39?/m0/s1. The van der Waals surface area contributed by atoms with Crippen molar-refractivity contribution in [1.29, 1.82) is 0 Å². The molecule has 5 rings (SSSR count). The van der Waals surface area contributed by atoms with Gasteiger partial charge in [0.05, 0.1) is 32.3 Å². The zero-order valence-electron chi connectivity index (χ0n) is 34.3. The first-order valence-electron chi connectivity index (χ1n) is 20.1. The largest absolute Gasteiger partial charge is 0.508 e. The lowest BCUT2D eigenvalue weighted by Gasteiger charge is -2.40. The summed E-state index contributed by atoms with van der Waals surface area (Å²) in [4.78, 5) is 80.2. The Morgan fingerprint density at radius 1 is 0.688 bits per heavy atom. The molecule has 1 aromatic carbocycles. The zero-order chi connectivity index (χ0) is 46.7. The van der Waals surface area contributed by atoms with Gasteiger partial charge in [-0.3, -0.25) is 48.4 Å². The number of allylic oxidation sites excluding steroid dienone is 1. The number of benzene rings is 1. The highest BCUT2D eigenvalue weighted by molar-refractivity contribution is 5.95. The quantitative estimate of drug-likeness (QED) is 0.0703. The van der Waals surface area contributed by atoms with Crippen molar-refractivity contribution in [3.05, 3.63) is 59.6 Å². The number of carboxylic acids is 3. The number of aromatic hydroxyl groups is 1. The van der Waals surface area contributed by atoms with Crippen LogP contribution in [0.5, 0.6) is 11.5 Å². The van der Waals surface area contributed by atoms with Crippen LogP contribution < -0.4 is 15.4 Å². The summed E-state index contributed by atoms with van der Waals surface area (Å²) in [7, 11) is 0. The molecule has 352 valence electrons. The molecule has 3 aliphatic heterocycles. The van der Waals surface area contributed by atoms with Crippen LogP contribution in [-0.2, 0) is 43.0 Å². The smallest absolute Gasteiger partial charge is 0.317 e. The molecule has 3 heterocycles. The van der Waals surface area contributed by atoms with Crippen LogP contribution in [0.2, 0.25) is 0 Å². The van der Waals surface area contributed by atoms with Gasteiger partial charge in [-0.25, -0.2) is 0 Å². The summed E-state index contributed by atoms with van der Waals surface area (Å²) < 4.78 is 22.3. The third-order valence-corrected chi connectivity index (χ3v) is 10.5. The summed E-state index contributed by atoms with van der Waals surface area (Å²) in [5.74, 6) is -9.55. The highest BCUT2D eigenvalue weighted by Crippen LogP contribution is 2.37. The fourth-order valence-corrected chi connectivity index (χ4v) is 7.12. The number of amides is 2. The molecule has 1 aliphatic carbocycles. The molecule has 1 aromatic rings. The maximum absolute atomic E-state index is 13.2. The lowest BCUT2D eigenvalue weighted by Crippen LogP contribution is -2.62. The van der Waals surface area contributed by atoms with Crippen molar-refractivity contribution in [3.63, 3.8) is 0 Å². The predicted octanol–water partition coefficient (Wildman–Crippen LogP) is -4.05. The summed E-state index contributed by atoms with van der Waals surface area (Å²) in [6.07, 6.45) is -9.20. The molecule has 7 atom stereocenters. The molecule has 0 spiro atoms. The molecule has 25 heteroatoms. The highest BCUT2D eigenvalue weighted by atomic mass is 16.7. The fraction of sp³-hybridized carbons (Fsp3) is 0.538. The van der Waals surface area contributed by atoms with E-state index in [0.717, 1.165) is 12.2 Å².